The number of nitrogens with one attached hydrogen (secondary N) is 1. The highest BCUT2D eigenvalue weighted by atomic mass is 16.6. The molecule has 1 aromatic carbocycles. The van der Waals surface area contributed by atoms with Crippen LogP contribution in [0.15, 0.2) is 24.3 Å². The summed E-state index contributed by atoms with van der Waals surface area (Å²) in [6, 6.07) is 6.23. The SMILES string of the molecule is CCN1C[C@]2(COC(=O)c3ccccc3NC(=O)CCC(=O)O)CC[C@H](OC)[C@@]34[C@@H]5C[C@H]6[C@H](OC)[C@@H]5[C@](OC)(C[C@@H]6OC)[C@@](O)([C@@H](OC)[C@H]23)[C@@H]14. The van der Waals surface area contributed by atoms with E-state index in [0.717, 1.165) is 12.8 Å². The van der Waals surface area contributed by atoms with Gasteiger partial charge in [-0.2, -0.15) is 0 Å². The summed E-state index contributed by atoms with van der Waals surface area (Å²) in [5.74, 6) is -2.39. The number of hydrogen-bond donors (Lipinski definition) is 3. The van der Waals surface area contributed by atoms with Crippen molar-refractivity contribution in [1.29, 1.82) is 0 Å². The Hall–Kier alpha value is -2.65. The number of amides is 1. The van der Waals surface area contributed by atoms with Gasteiger partial charge in [0.05, 0.1) is 54.7 Å². The third-order valence-corrected chi connectivity index (χ3v) is 14.1. The van der Waals surface area contributed by atoms with Gasteiger partial charge in [-0.05, 0) is 43.9 Å². The number of carbonyl (C=O) groups is 3. The number of carbonyl (C=O) groups excluding carboxylic acids is 2. The average Bonchev–Trinajstić information content (AvgIpc) is 3.52. The molecule has 1 aliphatic heterocycles. The number of benzene rings is 1. The zero-order valence-electron chi connectivity index (χ0n) is 29.9. The number of aliphatic carboxylic acids is 1. The number of hydrogen-bond acceptors (Lipinski definition) is 11. The van der Waals surface area contributed by atoms with E-state index in [1.807, 2.05) is 0 Å². The van der Waals surface area contributed by atoms with Crippen LogP contribution in [0.3, 0.4) is 0 Å². The lowest BCUT2D eigenvalue weighted by Gasteiger charge is -2.70. The maximum Gasteiger partial charge on any atom is 0.340 e. The molecule has 1 aromatic rings. The van der Waals surface area contributed by atoms with Crippen LogP contribution in [0.4, 0.5) is 5.69 Å². The summed E-state index contributed by atoms with van der Waals surface area (Å²) >= 11 is 0. The molecule has 3 N–H and O–H groups in total. The summed E-state index contributed by atoms with van der Waals surface area (Å²) in [6.45, 7) is 3.42. The Morgan fingerprint density at radius 2 is 1.78 bits per heavy atom. The molecule has 5 saturated carbocycles. The number of piperidine rings is 1. The van der Waals surface area contributed by atoms with Crippen LogP contribution in [0.2, 0.25) is 0 Å². The molecule has 5 aliphatic carbocycles. The fraction of sp³-hybridized carbons (Fsp3) is 0.757. The number of para-hydroxylation sites is 1. The van der Waals surface area contributed by atoms with Gasteiger partial charge < -0.3 is 44.0 Å². The molecular weight excluding hydrogens is 648 g/mol. The van der Waals surface area contributed by atoms with Crippen LogP contribution in [0.25, 0.3) is 0 Å². The number of ether oxygens (including phenoxy) is 6. The number of carboxylic acid groups (broad SMARTS) is 1. The summed E-state index contributed by atoms with van der Waals surface area (Å²) in [7, 11) is 8.61. The van der Waals surface area contributed by atoms with E-state index in [-0.39, 0.29) is 78.7 Å². The van der Waals surface area contributed by atoms with Gasteiger partial charge in [0, 0.05) is 83.5 Å². The Balaban J connectivity index is 1.31. The third-order valence-electron chi connectivity index (χ3n) is 14.1. The zero-order valence-corrected chi connectivity index (χ0v) is 29.9. The summed E-state index contributed by atoms with van der Waals surface area (Å²) in [5.41, 5.74) is -3.23. The van der Waals surface area contributed by atoms with Crippen LogP contribution in [0.1, 0.15) is 55.8 Å². The lowest BCUT2D eigenvalue weighted by molar-refractivity contribution is -0.326. The quantitative estimate of drug-likeness (QED) is 0.259. The molecule has 0 radical (unpaired) electrons. The molecule has 7 bridgehead atoms. The number of fused-ring (bicyclic) bond motifs is 2. The number of carboxylic acids is 1. The maximum absolute atomic E-state index is 13.9. The van der Waals surface area contributed by atoms with Crippen molar-refractivity contribution in [2.75, 3.05) is 60.6 Å². The standard InChI is InChI=1S/C37H52N2O11/c1-7-39-18-34(19-50-32(43)20-10-8-9-11-23(20)38-26(40)12-13-27(41)42)15-14-25(46-3)36-22-16-21-24(45-2)17-35(49-6,28(22)29(21)47-4)37(44,33(36)39)31(48-5)30(34)36/h8-11,21-22,24-25,28-31,33,44H,7,12-19H2,1-6H3,(H,38,40)(H,41,42)/t21-,22-,24+,25+,28-,29+,30-,31+,33+,34+,35-,36+,37-/m1/s1. The van der Waals surface area contributed by atoms with Crippen molar-refractivity contribution in [3.05, 3.63) is 29.8 Å². The van der Waals surface area contributed by atoms with Gasteiger partial charge in [-0.25, -0.2) is 4.79 Å². The molecule has 50 heavy (non-hydrogen) atoms. The number of esters is 1. The Bertz CT molecular complexity index is 1510. The van der Waals surface area contributed by atoms with Gasteiger partial charge in [-0.3, -0.25) is 14.5 Å². The number of aliphatic hydroxyl groups is 1. The normalized spacial score (nSPS) is 43.8. The Kier molecular flexibility index (Phi) is 9.14. The zero-order chi connectivity index (χ0) is 35.8. The highest BCUT2D eigenvalue weighted by Gasteiger charge is 2.92. The monoisotopic (exact) mass is 700 g/mol. The largest absolute Gasteiger partial charge is 0.481 e. The van der Waals surface area contributed by atoms with Crippen molar-refractivity contribution >= 4 is 23.5 Å². The molecule has 13 nitrogen and oxygen atoms in total. The van der Waals surface area contributed by atoms with E-state index >= 15 is 0 Å². The minimum absolute atomic E-state index is 0.0457. The predicted octanol–water partition coefficient (Wildman–Crippen LogP) is 2.59. The number of likely N-dealkylation sites (tertiary alicyclic amines) is 1. The van der Waals surface area contributed by atoms with Crippen molar-refractivity contribution < 1.29 is 53.0 Å². The summed E-state index contributed by atoms with van der Waals surface area (Å²) in [5, 5.41) is 25.4. The van der Waals surface area contributed by atoms with Crippen molar-refractivity contribution in [3.8, 4) is 0 Å². The van der Waals surface area contributed by atoms with E-state index < -0.39 is 46.0 Å². The third kappa shape index (κ3) is 4.46. The fourth-order valence-corrected chi connectivity index (χ4v) is 12.8. The van der Waals surface area contributed by atoms with Crippen LogP contribution < -0.4 is 5.32 Å². The average molecular weight is 701 g/mol. The molecule has 1 saturated heterocycles. The molecule has 1 spiro atoms. The van der Waals surface area contributed by atoms with Gasteiger partial charge in [0.2, 0.25) is 5.91 Å². The summed E-state index contributed by atoms with van der Waals surface area (Å²) in [6.07, 6.45) is 0.980. The topological polar surface area (TPSA) is 162 Å². The Morgan fingerprint density at radius 1 is 1.02 bits per heavy atom. The number of likely N-dealkylation sites (N-methyl/N-ethyl adjacent to an activating group) is 1. The number of methoxy groups -OCH3 is 5. The summed E-state index contributed by atoms with van der Waals surface area (Å²) < 4.78 is 38.4. The van der Waals surface area contributed by atoms with Crippen molar-refractivity contribution in [1.82, 2.24) is 4.90 Å². The molecular formula is C37H52N2O11. The fourth-order valence-electron chi connectivity index (χ4n) is 12.8. The molecule has 0 unspecified atom stereocenters. The minimum Gasteiger partial charge on any atom is -0.481 e. The van der Waals surface area contributed by atoms with Crippen LogP contribution in [-0.4, -0.2) is 130 Å². The molecule has 7 rings (SSSR count). The predicted molar refractivity (Wildman–Crippen MR) is 178 cm³/mol. The molecule has 276 valence electrons. The minimum atomic E-state index is -1.47. The van der Waals surface area contributed by atoms with Crippen LogP contribution in [-0.2, 0) is 38.0 Å². The molecule has 6 fully saturated rings. The van der Waals surface area contributed by atoms with E-state index in [4.69, 9.17) is 33.5 Å². The van der Waals surface area contributed by atoms with Crippen LogP contribution >= 0.6 is 0 Å². The second-order valence-corrected chi connectivity index (χ2v) is 15.4. The van der Waals surface area contributed by atoms with Gasteiger partial charge in [0.1, 0.15) is 11.2 Å². The van der Waals surface area contributed by atoms with E-state index in [2.05, 4.69) is 17.1 Å². The van der Waals surface area contributed by atoms with Gasteiger partial charge in [0.15, 0.2) is 0 Å². The van der Waals surface area contributed by atoms with Crippen LogP contribution in [0, 0.1) is 34.5 Å². The molecule has 13 atom stereocenters. The second kappa shape index (κ2) is 12.8. The van der Waals surface area contributed by atoms with Gasteiger partial charge in [-0.15, -0.1) is 0 Å². The van der Waals surface area contributed by atoms with E-state index in [1.54, 1.807) is 59.8 Å². The highest BCUT2D eigenvalue weighted by molar-refractivity contribution is 6.01. The lowest BCUT2D eigenvalue weighted by Crippen LogP contribution is -2.82. The highest BCUT2D eigenvalue weighted by Crippen LogP contribution is 2.81. The first-order valence-corrected chi connectivity index (χ1v) is 17.9. The van der Waals surface area contributed by atoms with E-state index in [1.165, 1.54) is 0 Å². The Morgan fingerprint density at radius 3 is 2.42 bits per heavy atom. The molecule has 6 aliphatic rings. The molecule has 1 heterocycles. The van der Waals surface area contributed by atoms with E-state index in [9.17, 15) is 19.5 Å². The number of nitrogens with zero attached hydrogens (tertiary/aromatic N) is 1. The molecule has 1 amide bonds. The van der Waals surface area contributed by atoms with Gasteiger partial charge >= 0.3 is 11.9 Å². The smallest absolute Gasteiger partial charge is 0.340 e. The van der Waals surface area contributed by atoms with Crippen LogP contribution in [0.5, 0.6) is 0 Å². The lowest BCUT2D eigenvalue weighted by atomic mass is 9.42. The molecule has 0 aromatic heterocycles. The van der Waals surface area contributed by atoms with Crippen molar-refractivity contribution in [3.63, 3.8) is 0 Å². The molecule has 13 heteroatoms. The number of anilines is 1. The first-order valence-electron chi connectivity index (χ1n) is 17.9. The number of rotatable bonds is 13. The van der Waals surface area contributed by atoms with Crippen molar-refractivity contribution in [2.24, 2.45) is 34.5 Å². The first kappa shape index (κ1) is 35.7. The summed E-state index contributed by atoms with van der Waals surface area (Å²) in [4.78, 5) is 39.8. The van der Waals surface area contributed by atoms with Crippen molar-refractivity contribution in [2.45, 2.75) is 87.1 Å². The Labute approximate surface area is 293 Å². The second-order valence-electron chi connectivity index (χ2n) is 15.4. The van der Waals surface area contributed by atoms with E-state index in [0.29, 0.717) is 25.9 Å². The maximum atomic E-state index is 13.9. The first-order chi connectivity index (χ1) is 24.0. The van der Waals surface area contributed by atoms with Gasteiger partial charge in [-0.1, -0.05) is 19.1 Å². The van der Waals surface area contributed by atoms with Gasteiger partial charge in [0.25, 0.3) is 0 Å².